The number of carbonyl (C=O) groups is 2. The van der Waals surface area contributed by atoms with Gasteiger partial charge in [-0.1, -0.05) is 45.0 Å². The Morgan fingerprint density at radius 2 is 1.77 bits per heavy atom. The van der Waals surface area contributed by atoms with Crippen LogP contribution < -0.4 is 16.2 Å². The molecule has 1 aliphatic carbocycles. The van der Waals surface area contributed by atoms with Crippen LogP contribution >= 0.6 is 11.3 Å². The summed E-state index contributed by atoms with van der Waals surface area (Å²) in [6.45, 7) is 10.9. The number of aromatic nitrogens is 2. The fourth-order valence-corrected chi connectivity index (χ4v) is 7.66. The van der Waals surface area contributed by atoms with Crippen LogP contribution in [-0.2, 0) is 24.7 Å². The molecule has 0 bridgehead atoms. The molecule has 0 spiro atoms. The number of piperazine rings is 1. The van der Waals surface area contributed by atoms with E-state index in [1.807, 2.05) is 67.4 Å². The number of carbonyl (C=O) groups excluding carboxylic acids is 2. The molecule has 0 radical (unpaired) electrons. The molecule has 2 aromatic carbocycles. The summed E-state index contributed by atoms with van der Waals surface area (Å²) in [5.74, 6) is 0.216. The Morgan fingerprint density at radius 3 is 2.50 bits per heavy atom. The van der Waals surface area contributed by atoms with Crippen LogP contribution in [0, 0.1) is 12.3 Å². The second kappa shape index (κ2) is 13.7. The standard InChI is InChI=1S/C38H46N6O3S/c1-24-28(11-9-12-29(24)41-35(45)32-22-26-10-7-8-13-31(26)48-32)30-23-43(6)37(47)34(40-30)39-27-16-14-25(15-17-27)33-36(46)44(21-20-42(33)5)19-18-38(2,3)4/h9,11-12,14-17,22-23,33H,7-8,10,13,18-21H2,1-6H3,(H,39,40)(H,41,45)/t33-/m1/s1. The van der Waals surface area contributed by atoms with Crippen molar-refractivity contribution in [3.05, 3.63) is 91.5 Å². The van der Waals surface area contributed by atoms with E-state index in [1.54, 1.807) is 24.6 Å². The Bertz CT molecular complexity index is 1860. The lowest BCUT2D eigenvalue weighted by Crippen LogP contribution is -2.51. The number of anilines is 3. The maximum absolute atomic E-state index is 13.5. The molecular weight excluding hydrogens is 621 g/mol. The molecule has 2 aliphatic rings. The molecule has 4 aromatic rings. The Labute approximate surface area is 287 Å². The summed E-state index contributed by atoms with van der Waals surface area (Å²) in [6.07, 6.45) is 7.12. The van der Waals surface area contributed by atoms with Gasteiger partial charge in [-0.15, -0.1) is 11.3 Å². The third kappa shape index (κ3) is 7.24. The quantitative estimate of drug-likeness (QED) is 0.211. The van der Waals surface area contributed by atoms with Crippen LogP contribution in [0.4, 0.5) is 17.2 Å². The van der Waals surface area contributed by atoms with Gasteiger partial charge in [0.15, 0.2) is 5.82 Å². The van der Waals surface area contributed by atoms with Gasteiger partial charge in [0.2, 0.25) is 5.91 Å². The summed E-state index contributed by atoms with van der Waals surface area (Å²) in [4.78, 5) is 50.8. The van der Waals surface area contributed by atoms with Crippen molar-refractivity contribution in [2.75, 3.05) is 37.3 Å². The maximum Gasteiger partial charge on any atom is 0.293 e. The fraction of sp³-hybridized carbons (Fsp3) is 0.421. The van der Waals surface area contributed by atoms with Gasteiger partial charge in [0.05, 0.1) is 10.6 Å². The Kier molecular flexibility index (Phi) is 9.58. The average molecular weight is 667 g/mol. The molecule has 252 valence electrons. The minimum absolute atomic E-state index is 0.104. The molecule has 0 saturated carbocycles. The van der Waals surface area contributed by atoms with Crippen LogP contribution in [-0.4, -0.2) is 57.8 Å². The topological polar surface area (TPSA) is 99.6 Å². The molecule has 1 saturated heterocycles. The first-order valence-electron chi connectivity index (χ1n) is 16.8. The van der Waals surface area contributed by atoms with Gasteiger partial charge in [-0.2, -0.15) is 0 Å². The van der Waals surface area contributed by atoms with Crippen LogP contribution in [0.1, 0.15) is 77.3 Å². The predicted molar refractivity (Wildman–Crippen MR) is 194 cm³/mol. The van der Waals surface area contributed by atoms with Crippen LogP contribution in [0.2, 0.25) is 0 Å². The average Bonchev–Trinajstić information content (AvgIpc) is 3.49. The van der Waals surface area contributed by atoms with Crippen molar-refractivity contribution < 1.29 is 9.59 Å². The summed E-state index contributed by atoms with van der Waals surface area (Å²) in [5, 5.41) is 6.32. The van der Waals surface area contributed by atoms with Gasteiger partial charge in [-0.3, -0.25) is 19.3 Å². The van der Waals surface area contributed by atoms with Gasteiger partial charge in [-0.05, 0) is 92.4 Å². The van der Waals surface area contributed by atoms with Crippen molar-refractivity contribution in [2.45, 2.75) is 65.8 Å². The summed E-state index contributed by atoms with van der Waals surface area (Å²) in [6, 6.07) is 15.1. The molecule has 3 heterocycles. The minimum atomic E-state index is -0.344. The van der Waals surface area contributed by atoms with E-state index in [9.17, 15) is 14.4 Å². The lowest BCUT2D eigenvalue weighted by Gasteiger charge is -2.39. The molecule has 9 nitrogen and oxygen atoms in total. The molecule has 6 rings (SSSR count). The van der Waals surface area contributed by atoms with E-state index in [-0.39, 0.29) is 34.6 Å². The molecule has 10 heteroatoms. The summed E-state index contributed by atoms with van der Waals surface area (Å²) in [5.41, 5.74) is 5.84. The van der Waals surface area contributed by atoms with E-state index >= 15 is 0 Å². The van der Waals surface area contributed by atoms with E-state index < -0.39 is 0 Å². The predicted octanol–water partition coefficient (Wildman–Crippen LogP) is 6.94. The van der Waals surface area contributed by atoms with E-state index in [4.69, 9.17) is 4.98 Å². The zero-order valence-corrected chi connectivity index (χ0v) is 29.7. The van der Waals surface area contributed by atoms with Crippen molar-refractivity contribution in [2.24, 2.45) is 12.5 Å². The molecular formula is C38H46N6O3S. The fourth-order valence-electron chi connectivity index (χ4n) is 6.51. The normalized spacial score (nSPS) is 16.9. The molecule has 2 aromatic heterocycles. The van der Waals surface area contributed by atoms with E-state index in [1.165, 1.54) is 27.8 Å². The van der Waals surface area contributed by atoms with E-state index in [0.717, 1.165) is 60.5 Å². The number of nitrogens with one attached hydrogen (secondary N) is 2. The lowest BCUT2D eigenvalue weighted by molar-refractivity contribution is -0.141. The molecule has 0 unspecified atom stereocenters. The number of fused-ring (bicyclic) bond motifs is 1. The number of thiophene rings is 1. The number of nitrogens with zero attached hydrogens (tertiary/aromatic N) is 4. The lowest BCUT2D eigenvalue weighted by atomic mass is 9.91. The second-order valence-electron chi connectivity index (χ2n) is 14.4. The third-order valence-corrected chi connectivity index (χ3v) is 10.7. The summed E-state index contributed by atoms with van der Waals surface area (Å²) >= 11 is 1.60. The highest BCUT2D eigenvalue weighted by Crippen LogP contribution is 2.33. The van der Waals surface area contributed by atoms with Gasteiger partial charge in [0.1, 0.15) is 6.04 Å². The van der Waals surface area contributed by atoms with Crippen LogP contribution in [0.5, 0.6) is 0 Å². The number of amides is 2. The molecule has 1 aliphatic heterocycles. The zero-order chi connectivity index (χ0) is 34.2. The van der Waals surface area contributed by atoms with Crippen molar-refractivity contribution in [3.8, 4) is 11.3 Å². The van der Waals surface area contributed by atoms with Gasteiger partial charge < -0.3 is 20.1 Å². The van der Waals surface area contributed by atoms with E-state index in [0.29, 0.717) is 17.1 Å². The van der Waals surface area contributed by atoms with Crippen molar-refractivity contribution in [3.63, 3.8) is 0 Å². The first kappa shape index (κ1) is 33.6. The van der Waals surface area contributed by atoms with Crippen molar-refractivity contribution >= 4 is 40.3 Å². The number of rotatable bonds is 8. The van der Waals surface area contributed by atoms with Crippen LogP contribution in [0.3, 0.4) is 0 Å². The molecule has 2 amide bonds. The molecule has 48 heavy (non-hydrogen) atoms. The number of aryl methyl sites for hydroxylation is 3. The van der Waals surface area contributed by atoms with Crippen molar-refractivity contribution in [1.82, 2.24) is 19.4 Å². The summed E-state index contributed by atoms with van der Waals surface area (Å²) < 4.78 is 1.52. The largest absolute Gasteiger partial charge is 0.340 e. The summed E-state index contributed by atoms with van der Waals surface area (Å²) in [7, 11) is 3.70. The highest BCUT2D eigenvalue weighted by atomic mass is 32.1. The van der Waals surface area contributed by atoms with Gasteiger partial charge in [0.25, 0.3) is 11.5 Å². The van der Waals surface area contributed by atoms with Gasteiger partial charge in [0, 0.05) is 54.7 Å². The minimum Gasteiger partial charge on any atom is -0.340 e. The van der Waals surface area contributed by atoms with Crippen LogP contribution in [0.25, 0.3) is 11.3 Å². The van der Waals surface area contributed by atoms with E-state index in [2.05, 4.69) is 36.3 Å². The number of hydrogen-bond donors (Lipinski definition) is 2. The smallest absolute Gasteiger partial charge is 0.293 e. The molecule has 1 fully saturated rings. The number of likely N-dealkylation sites (N-methyl/N-ethyl adjacent to an activating group) is 1. The van der Waals surface area contributed by atoms with Crippen LogP contribution in [0.15, 0.2) is 59.5 Å². The highest BCUT2D eigenvalue weighted by molar-refractivity contribution is 7.14. The maximum atomic E-state index is 13.5. The Balaban J connectivity index is 1.19. The van der Waals surface area contributed by atoms with Gasteiger partial charge in [-0.25, -0.2) is 4.98 Å². The Hall–Kier alpha value is -4.28. The first-order valence-corrected chi connectivity index (χ1v) is 17.7. The number of benzene rings is 2. The van der Waals surface area contributed by atoms with Crippen molar-refractivity contribution in [1.29, 1.82) is 0 Å². The second-order valence-corrected chi connectivity index (χ2v) is 15.5. The third-order valence-electron chi connectivity index (χ3n) is 9.48. The van der Waals surface area contributed by atoms with Gasteiger partial charge >= 0.3 is 0 Å². The zero-order valence-electron chi connectivity index (χ0n) is 28.9. The monoisotopic (exact) mass is 666 g/mol. The first-order chi connectivity index (χ1) is 22.9. The number of hydrogen-bond acceptors (Lipinski definition) is 7. The Morgan fingerprint density at radius 1 is 1.02 bits per heavy atom. The highest BCUT2D eigenvalue weighted by Gasteiger charge is 2.34. The molecule has 2 N–H and O–H groups in total. The SMILES string of the molecule is Cc1c(NC(=O)c2cc3c(s2)CCCC3)cccc1-c1cn(C)c(=O)c(Nc2ccc([C@@H]3C(=O)N(CCC(C)(C)C)CCN3C)cc2)n1. The molecule has 1 atom stereocenters.